The summed E-state index contributed by atoms with van der Waals surface area (Å²) in [6.07, 6.45) is 1.90. The van der Waals surface area contributed by atoms with Crippen molar-refractivity contribution in [3.63, 3.8) is 0 Å². The van der Waals surface area contributed by atoms with Gasteiger partial charge in [-0.05, 0) is 62.4 Å². The van der Waals surface area contributed by atoms with Gasteiger partial charge in [0.15, 0.2) is 5.78 Å². The van der Waals surface area contributed by atoms with E-state index in [-0.39, 0.29) is 18.4 Å². The first kappa shape index (κ1) is 19.8. The minimum Gasteiger partial charge on any atom is -0.473 e. The van der Waals surface area contributed by atoms with E-state index in [1.807, 2.05) is 32.9 Å². The maximum atomic E-state index is 12.9. The fraction of sp³-hybridized carbons (Fsp3) is 0.476. The van der Waals surface area contributed by atoms with Gasteiger partial charge in [-0.15, -0.1) is 0 Å². The van der Waals surface area contributed by atoms with Crippen LogP contribution in [0.5, 0.6) is 5.88 Å². The lowest BCUT2D eigenvalue weighted by Crippen LogP contribution is -2.32. The third-order valence-corrected chi connectivity index (χ3v) is 5.54. The second-order valence-electron chi connectivity index (χ2n) is 7.10. The summed E-state index contributed by atoms with van der Waals surface area (Å²) < 4.78 is 7.17. The predicted molar refractivity (Wildman–Crippen MR) is 111 cm³/mol. The van der Waals surface area contributed by atoms with Crippen molar-refractivity contribution in [3.8, 4) is 5.88 Å². The van der Waals surface area contributed by atoms with Gasteiger partial charge in [0.1, 0.15) is 17.6 Å². The van der Waals surface area contributed by atoms with Crippen LogP contribution in [-0.2, 0) is 4.79 Å². The molecule has 1 aromatic carbocycles. The SMILES string of the molecule is CCC(CC)Oc1nc(C)nc2c1NCC(=O)C2c1c(C)cc(Br)cc1C. The van der Waals surface area contributed by atoms with E-state index < -0.39 is 5.92 Å². The normalized spacial score (nSPS) is 16.3. The molecular formula is C21H26BrN3O2. The van der Waals surface area contributed by atoms with Crippen molar-refractivity contribution < 1.29 is 9.53 Å². The number of anilines is 1. The van der Waals surface area contributed by atoms with Crippen LogP contribution in [0.4, 0.5) is 5.69 Å². The maximum absolute atomic E-state index is 12.9. The Morgan fingerprint density at radius 1 is 1.19 bits per heavy atom. The van der Waals surface area contributed by atoms with E-state index in [4.69, 9.17) is 4.74 Å². The van der Waals surface area contributed by atoms with Crippen LogP contribution in [0.1, 0.15) is 60.8 Å². The lowest BCUT2D eigenvalue weighted by atomic mass is 9.83. The average molecular weight is 432 g/mol. The summed E-state index contributed by atoms with van der Waals surface area (Å²) in [6, 6.07) is 4.10. The Labute approximate surface area is 169 Å². The molecule has 1 N–H and O–H groups in total. The van der Waals surface area contributed by atoms with Crippen molar-refractivity contribution in [2.75, 3.05) is 11.9 Å². The van der Waals surface area contributed by atoms with E-state index in [9.17, 15) is 4.79 Å². The Balaban J connectivity index is 2.16. The van der Waals surface area contributed by atoms with Crippen molar-refractivity contribution in [3.05, 3.63) is 44.8 Å². The molecule has 27 heavy (non-hydrogen) atoms. The van der Waals surface area contributed by atoms with Crippen LogP contribution in [0.15, 0.2) is 16.6 Å². The first-order chi connectivity index (χ1) is 12.8. The first-order valence-electron chi connectivity index (χ1n) is 9.44. The Bertz CT molecular complexity index is 855. The van der Waals surface area contributed by atoms with E-state index >= 15 is 0 Å². The zero-order valence-electron chi connectivity index (χ0n) is 16.5. The predicted octanol–water partition coefficient (Wildman–Crippen LogP) is 4.86. The van der Waals surface area contributed by atoms with E-state index in [0.717, 1.165) is 39.7 Å². The second kappa shape index (κ2) is 7.97. The Morgan fingerprint density at radius 2 is 1.81 bits per heavy atom. The van der Waals surface area contributed by atoms with Crippen LogP contribution in [0.25, 0.3) is 0 Å². The smallest absolute Gasteiger partial charge is 0.241 e. The quantitative estimate of drug-likeness (QED) is 0.731. The minimum absolute atomic E-state index is 0.0948. The minimum atomic E-state index is -0.403. The molecule has 1 aromatic heterocycles. The van der Waals surface area contributed by atoms with Gasteiger partial charge in [-0.25, -0.2) is 4.98 Å². The fourth-order valence-corrected chi connectivity index (χ4v) is 4.43. The number of nitrogens with one attached hydrogen (secondary N) is 1. The molecule has 0 aliphatic carbocycles. The summed E-state index contributed by atoms with van der Waals surface area (Å²) in [5, 5.41) is 3.20. The topological polar surface area (TPSA) is 64.1 Å². The van der Waals surface area contributed by atoms with Crippen LogP contribution < -0.4 is 10.1 Å². The average Bonchev–Trinajstić information content (AvgIpc) is 2.60. The van der Waals surface area contributed by atoms with Crippen LogP contribution >= 0.6 is 15.9 Å². The third kappa shape index (κ3) is 3.86. The molecule has 0 spiro atoms. The number of aryl methyl sites for hydroxylation is 3. The van der Waals surface area contributed by atoms with E-state index in [1.54, 1.807) is 0 Å². The number of halogens is 1. The number of hydrogen-bond donors (Lipinski definition) is 1. The van der Waals surface area contributed by atoms with Gasteiger partial charge < -0.3 is 10.1 Å². The summed E-state index contributed by atoms with van der Waals surface area (Å²) in [4.78, 5) is 22.1. The number of benzene rings is 1. The van der Waals surface area contributed by atoms with Crippen LogP contribution in [-0.4, -0.2) is 28.4 Å². The molecule has 1 aliphatic rings. The lowest BCUT2D eigenvalue weighted by Gasteiger charge is -2.29. The third-order valence-electron chi connectivity index (χ3n) is 5.09. The van der Waals surface area contributed by atoms with Gasteiger partial charge in [0.05, 0.1) is 18.2 Å². The summed E-state index contributed by atoms with van der Waals surface area (Å²) >= 11 is 3.54. The Kier molecular flexibility index (Phi) is 5.84. The molecule has 3 rings (SSSR count). The molecular weight excluding hydrogens is 406 g/mol. The number of hydrogen-bond acceptors (Lipinski definition) is 5. The highest BCUT2D eigenvalue weighted by Crippen LogP contribution is 2.41. The number of carbonyl (C=O) groups excluding carboxylic acids is 1. The van der Waals surface area contributed by atoms with Crippen LogP contribution in [0.3, 0.4) is 0 Å². The second-order valence-corrected chi connectivity index (χ2v) is 8.01. The van der Waals surface area contributed by atoms with Gasteiger partial charge >= 0.3 is 0 Å². The molecule has 1 atom stereocenters. The largest absolute Gasteiger partial charge is 0.473 e. The van der Waals surface area contributed by atoms with Crippen LogP contribution in [0, 0.1) is 20.8 Å². The number of Topliss-reactive ketones (excluding diaryl/α,β-unsaturated/α-hetero) is 1. The molecule has 1 aliphatic heterocycles. The highest BCUT2D eigenvalue weighted by molar-refractivity contribution is 9.10. The zero-order chi connectivity index (χ0) is 19.7. The van der Waals surface area contributed by atoms with Gasteiger partial charge in [0.2, 0.25) is 5.88 Å². The standard InChI is InChI=1S/C21H26BrN3O2/c1-6-15(7-2)27-21-20-19(24-13(5)25-21)18(16(26)10-23-20)17-11(3)8-14(22)9-12(17)4/h8-9,15,18,23H,6-7,10H2,1-5H3. The van der Waals surface area contributed by atoms with E-state index in [2.05, 4.69) is 45.1 Å². The Morgan fingerprint density at radius 3 is 2.41 bits per heavy atom. The first-order valence-corrected chi connectivity index (χ1v) is 10.2. The lowest BCUT2D eigenvalue weighted by molar-refractivity contribution is -0.118. The number of ketones is 1. The van der Waals surface area contributed by atoms with Gasteiger partial charge in [0, 0.05) is 4.47 Å². The number of aromatic nitrogens is 2. The molecule has 0 amide bonds. The van der Waals surface area contributed by atoms with Crippen LogP contribution in [0.2, 0.25) is 0 Å². The molecule has 2 aromatic rings. The van der Waals surface area contributed by atoms with Crippen molar-refractivity contribution in [2.24, 2.45) is 0 Å². The summed E-state index contributed by atoms with van der Waals surface area (Å²) in [5.41, 5.74) is 4.64. The number of carbonyl (C=O) groups is 1. The fourth-order valence-electron chi connectivity index (χ4n) is 3.75. The summed E-state index contributed by atoms with van der Waals surface area (Å²) in [5.74, 6) is 0.877. The number of rotatable bonds is 5. The van der Waals surface area contributed by atoms with Crippen molar-refractivity contribution in [2.45, 2.75) is 59.5 Å². The zero-order valence-corrected chi connectivity index (χ0v) is 18.1. The number of ether oxygens (including phenoxy) is 1. The molecule has 0 bridgehead atoms. The van der Waals surface area contributed by atoms with Crippen molar-refractivity contribution in [1.29, 1.82) is 0 Å². The molecule has 6 heteroatoms. The maximum Gasteiger partial charge on any atom is 0.241 e. The van der Waals surface area contributed by atoms with Gasteiger partial charge in [-0.3, -0.25) is 4.79 Å². The monoisotopic (exact) mass is 431 g/mol. The molecule has 5 nitrogen and oxygen atoms in total. The van der Waals surface area contributed by atoms with Gasteiger partial charge in [0.25, 0.3) is 0 Å². The number of nitrogens with zero attached hydrogens (tertiary/aromatic N) is 2. The summed E-state index contributed by atoms with van der Waals surface area (Å²) in [7, 11) is 0. The van der Waals surface area contributed by atoms with E-state index in [1.165, 1.54) is 0 Å². The molecule has 0 saturated carbocycles. The van der Waals surface area contributed by atoms with Gasteiger partial charge in [-0.1, -0.05) is 29.8 Å². The molecule has 1 unspecified atom stereocenters. The number of fused-ring (bicyclic) bond motifs is 1. The molecule has 0 saturated heterocycles. The van der Waals surface area contributed by atoms with Crippen molar-refractivity contribution in [1.82, 2.24) is 9.97 Å². The van der Waals surface area contributed by atoms with Gasteiger partial charge in [-0.2, -0.15) is 4.98 Å². The van der Waals surface area contributed by atoms with Crippen molar-refractivity contribution >= 4 is 27.4 Å². The van der Waals surface area contributed by atoms with E-state index in [0.29, 0.717) is 17.4 Å². The molecule has 0 radical (unpaired) electrons. The molecule has 2 heterocycles. The molecule has 144 valence electrons. The summed E-state index contributed by atoms with van der Waals surface area (Å²) in [6.45, 7) is 10.4. The molecule has 0 fully saturated rings. The Hall–Kier alpha value is -1.95. The highest BCUT2D eigenvalue weighted by Gasteiger charge is 2.35. The highest BCUT2D eigenvalue weighted by atomic mass is 79.9.